The minimum Gasteiger partial charge on any atom is -0.389 e. The summed E-state index contributed by atoms with van der Waals surface area (Å²) in [7, 11) is 1.56. The largest absolute Gasteiger partial charge is 0.389 e. The van der Waals surface area contributed by atoms with Gasteiger partial charge in [0.15, 0.2) is 0 Å². The first-order valence-electron chi connectivity index (χ1n) is 6.16. The van der Waals surface area contributed by atoms with Crippen molar-refractivity contribution in [3.05, 3.63) is 11.4 Å². The van der Waals surface area contributed by atoms with Gasteiger partial charge in [-0.3, -0.25) is 0 Å². The van der Waals surface area contributed by atoms with E-state index in [-0.39, 0.29) is 0 Å². The van der Waals surface area contributed by atoms with Crippen molar-refractivity contribution in [1.82, 2.24) is 9.97 Å². The van der Waals surface area contributed by atoms with Crippen LogP contribution >= 0.6 is 0 Å². The molecule has 0 saturated heterocycles. The SMILES string of the molecule is COCC(O)CNc1nc(C2CC2)nc(N)c1C. The van der Waals surface area contributed by atoms with E-state index in [1.165, 1.54) is 0 Å². The summed E-state index contributed by atoms with van der Waals surface area (Å²) in [6.07, 6.45) is 1.71. The molecule has 1 aromatic heterocycles. The lowest BCUT2D eigenvalue weighted by molar-refractivity contribution is 0.0727. The number of hydrogen-bond acceptors (Lipinski definition) is 6. The van der Waals surface area contributed by atoms with Gasteiger partial charge in [-0.25, -0.2) is 9.97 Å². The average molecular weight is 252 g/mol. The molecule has 1 unspecified atom stereocenters. The molecule has 4 N–H and O–H groups in total. The summed E-state index contributed by atoms with van der Waals surface area (Å²) in [5.74, 6) is 2.48. The molecule has 1 heterocycles. The van der Waals surface area contributed by atoms with E-state index < -0.39 is 6.10 Å². The van der Waals surface area contributed by atoms with E-state index in [0.29, 0.717) is 30.7 Å². The van der Waals surface area contributed by atoms with Crippen molar-refractivity contribution in [3.8, 4) is 0 Å². The highest BCUT2D eigenvalue weighted by molar-refractivity contribution is 5.55. The van der Waals surface area contributed by atoms with Gasteiger partial charge in [0.2, 0.25) is 0 Å². The zero-order chi connectivity index (χ0) is 13.1. The normalized spacial score (nSPS) is 16.6. The van der Waals surface area contributed by atoms with Gasteiger partial charge >= 0.3 is 0 Å². The van der Waals surface area contributed by atoms with Crippen molar-refractivity contribution < 1.29 is 9.84 Å². The summed E-state index contributed by atoms with van der Waals surface area (Å²) >= 11 is 0. The maximum absolute atomic E-state index is 9.60. The smallest absolute Gasteiger partial charge is 0.136 e. The van der Waals surface area contributed by atoms with Crippen LogP contribution in [0.3, 0.4) is 0 Å². The van der Waals surface area contributed by atoms with Crippen LogP contribution in [0.4, 0.5) is 11.6 Å². The molecule has 0 bridgehead atoms. The molecule has 1 fully saturated rings. The lowest BCUT2D eigenvalue weighted by Crippen LogP contribution is -2.25. The Labute approximate surface area is 107 Å². The quantitative estimate of drug-likeness (QED) is 0.689. The Bertz CT molecular complexity index is 421. The van der Waals surface area contributed by atoms with E-state index >= 15 is 0 Å². The number of methoxy groups -OCH3 is 1. The number of nitrogens with zero attached hydrogens (tertiary/aromatic N) is 2. The predicted octanol–water partition coefficient (Wildman–Crippen LogP) is 0.664. The second-order valence-electron chi connectivity index (χ2n) is 4.70. The number of aromatic nitrogens is 2. The Morgan fingerprint density at radius 1 is 1.50 bits per heavy atom. The average Bonchev–Trinajstić information content (AvgIpc) is 3.15. The van der Waals surface area contributed by atoms with Crippen LogP contribution in [0.25, 0.3) is 0 Å². The number of nitrogen functional groups attached to an aromatic ring is 1. The van der Waals surface area contributed by atoms with Crippen LogP contribution in [0.1, 0.15) is 30.1 Å². The summed E-state index contributed by atoms with van der Waals surface area (Å²) < 4.78 is 4.87. The fraction of sp³-hybridized carbons (Fsp3) is 0.667. The minimum absolute atomic E-state index is 0.294. The molecule has 6 heteroatoms. The molecule has 0 radical (unpaired) electrons. The number of hydrogen-bond donors (Lipinski definition) is 3. The Morgan fingerprint density at radius 3 is 2.83 bits per heavy atom. The van der Waals surface area contributed by atoms with Crippen LogP contribution in [0, 0.1) is 6.92 Å². The molecule has 0 aromatic carbocycles. The van der Waals surface area contributed by atoms with Crippen LogP contribution in [-0.2, 0) is 4.74 Å². The van der Waals surface area contributed by atoms with Gasteiger partial charge in [-0.2, -0.15) is 0 Å². The Hall–Kier alpha value is -1.40. The Kier molecular flexibility index (Phi) is 3.98. The van der Waals surface area contributed by atoms with Gasteiger partial charge in [-0.15, -0.1) is 0 Å². The van der Waals surface area contributed by atoms with Gasteiger partial charge in [0, 0.05) is 25.1 Å². The fourth-order valence-corrected chi connectivity index (χ4v) is 1.71. The van der Waals surface area contributed by atoms with Gasteiger partial charge in [0.25, 0.3) is 0 Å². The van der Waals surface area contributed by atoms with E-state index in [4.69, 9.17) is 10.5 Å². The zero-order valence-electron chi connectivity index (χ0n) is 10.8. The van der Waals surface area contributed by atoms with Crippen LogP contribution in [0.2, 0.25) is 0 Å². The van der Waals surface area contributed by atoms with E-state index in [0.717, 1.165) is 24.2 Å². The number of rotatable bonds is 6. The highest BCUT2D eigenvalue weighted by atomic mass is 16.5. The standard InChI is InChI=1S/C12H20N4O2/c1-7-10(13)15-12(8-3-4-8)16-11(7)14-5-9(17)6-18-2/h8-9,17H,3-6H2,1-2H3,(H3,13,14,15,16). The number of nitrogens with two attached hydrogens (primary N) is 1. The molecule has 0 amide bonds. The van der Waals surface area contributed by atoms with Crippen LogP contribution in [0.15, 0.2) is 0 Å². The Balaban J connectivity index is 2.06. The monoisotopic (exact) mass is 252 g/mol. The topological polar surface area (TPSA) is 93.3 Å². The van der Waals surface area contributed by atoms with E-state index in [1.54, 1.807) is 7.11 Å². The van der Waals surface area contributed by atoms with Gasteiger partial charge in [-0.05, 0) is 19.8 Å². The van der Waals surface area contributed by atoms with Crippen LogP contribution in [-0.4, -0.2) is 41.4 Å². The molecule has 0 aliphatic heterocycles. The molecule has 1 atom stereocenters. The minimum atomic E-state index is -0.560. The highest BCUT2D eigenvalue weighted by Crippen LogP contribution is 2.39. The second-order valence-corrected chi connectivity index (χ2v) is 4.70. The van der Waals surface area contributed by atoms with Gasteiger partial charge in [0.05, 0.1) is 12.7 Å². The molecule has 18 heavy (non-hydrogen) atoms. The molecule has 1 saturated carbocycles. The van der Waals surface area contributed by atoms with Crippen molar-refractivity contribution in [2.75, 3.05) is 31.3 Å². The number of anilines is 2. The summed E-state index contributed by atoms with van der Waals surface area (Å²) in [5, 5.41) is 12.7. The molecular weight excluding hydrogens is 232 g/mol. The van der Waals surface area contributed by atoms with Gasteiger partial charge in [-0.1, -0.05) is 0 Å². The molecule has 1 aromatic rings. The third-order valence-electron chi connectivity index (χ3n) is 3.01. The molecule has 0 spiro atoms. The third-order valence-corrected chi connectivity index (χ3v) is 3.01. The van der Waals surface area contributed by atoms with Crippen molar-refractivity contribution in [1.29, 1.82) is 0 Å². The molecule has 6 nitrogen and oxygen atoms in total. The van der Waals surface area contributed by atoms with Crippen molar-refractivity contribution in [2.24, 2.45) is 0 Å². The maximum atomic E-state index is 9.60. The van der Waals surface area contributed by atoms with Gasteiger partial charge < -0.3 is 20.9 Å². The van der Waals surface area contributed by atoms with E-state index in [1.807, 2.05) is 6.92 Å². The van der Waals surface area contributed by atoms with E-state index in [9.17, 15) is 5.11 Å². The Morgan fingerprint density at radius 2 is 2.22 bits per heavy atom. The number of nitrogens with one attached hydrogen (secondary N) is 1. The van der Waals surface area contributed by atoms with Crippen LogP contribution < -0.4 is 11.1 Å². The molecule has 2 rings (SSSR count). The third kappa shape index (κ3) is 3.08. The second kappa shape index (κ2) is 5.49. The summed E-state index contributed by atoms with van der Waals surface area (Å²) in [4.78, 5) is 8.77. The molecule has 1 aliphatic carbocycles. The predicted molar refractivity (Wildman–Crippen MR) is 69.5 cm³/mol. The van der Waals surface area contributed by atoms with E-state index in [2.05, 4.69) is 15.3 Å². The number of aliphatic hydroxyl groups excluding tert-OH is 1. The first-order valence-corrected chi connectivity index (χ1v) is 6.16. The van der Waals surface area contributed by atoms with Gasteiger partial charge in [0.1, 0.15) is 17.5 Å². The first-order chi connectivity index (χ1) is 8.61. The van der Waals surface area contributed by atoms with Crippen molar-refractivity contribution in [3.63, 3.8) is 0 Å². The van der Waals surface area contributed by atoms with Crippen LogP contribution in [0.5, 0.6) is 0 Å². The fourth-order valence-electron chi connectivity index (χ4n) is 1.71. The van der Waals surface area contributed by atoms with Crippen molar-refractivity contribution in [2.45, 2.75) is 31.8 Å². The summed E-state index contributed by atoms with van der Waals surface area (Å²) in [6.45, 7) is 2.55. The molecule has 1 aliphatic rings. The first kappa shape index (κ1) is 13.0. The zero-order valence-corrected chi connectivity index (χ0v) is 10.8. The number of ether oxygens (including phenoxy) is 1. The van der Waals surface area contributed by atoms with Crippen molar-refractivity contribution >= 4 is 11.6 Å². The molecule has 100 valence electrons. The summed E-state index contributed by atoms with van der Waals surface area (Å²) in [5.41, 5.74) is 6.70. The lowest BCUT2D eigenvalue weighted by Gasteiger charge is -2.14. The highest BCUT2D eigenvalue weighted by Gasteiger charge is 2.27. The summed E-state index contributed by atoms with van der Waals surface area (Å²) in [6, 6.07) is 0. The molecular formula is C12H20N4O2. The number of aliphatic hydroxyl groups is 1. The maximum Gasteiger partial charge on any atom is 0.136 e. The lowest BCUT2D eigenvalue weighted by atomic mass is 10.2.